The van der Waals surface area contributed by atoms with Crippen molar-refractivity contribution in [2.75, 3.05) is 52.0 Å². The molecule has 6 heteroatoms. The second-order valence-electron chi connectivity index (χ2n) is 6.37. The van der Waals surface area contributed by atoms with Gasteiger partial charge in [0.2, 0.25) is 0 Å². The molecule has 1 aromatic rings. The zero-order valence-electron chi connectivity index (χ0n) is 14.4. The van der Waals surface area contributed by atoms with E-state index in [9.17, 15) is 4.79 Å². The Hall–Kier alpha value is -1.63. The second-order valence-corrected chi connectivity index (χ2v) is 6.37. The van der Waals surface area contributed by atoms with E-state index in [1.807, 2.05) is 24.3 Å². The Morgan fingerprint density at radius 1 is 1.29 bits per heavy atom. The lowest BCUT2D eigenvalue weighted by Crippen LogP contribution is -2.36. The molecule has 1 aromatic carbocycles. The molecule has 1 saturated heterocycles. The van der Waals surface area contributed by atoms with E-state index >= 15 is 0 Å². The summed E-state index contributed by atoms with van der Waals surface area (Å²) in [6, 6.07) is 8.05. The highest BCUT2D eigenvalue weighted by Gasteiger charge is 2.29. The molecule has 0 radical (unpaired) electrons. The molecule has 0 bridgehead atoms. The smallest absolute Gasteiger partial charge is 0.279 e. The number of rotatable bonds is 7. The van der Waals surface area contributed by atoms with Gasteiger partial charge in [-0.3, -0.25) is 9.63 Å². The lowest BCUT2D eigenvalue weighted by Gasteiger charge is -2.29. The number of nitrogens with zero attached hydrogens (tertiary/aromatic N) is 2. The average Bonchev–Trinajstić information content (AvgIpc) is 3.46. The zero-order chi connectivity index (χ0) is 16.9. The van der Waals surface area contributed by atoms with E-state index in [4.69, 9.17) is 14.3 Å². The molecule has 1 heterocycles. The number of ether oxygens (including phenoxy) is 2. The summed E-state index contributed by atoms with van der Waals surface area (Å²) in [5, 5.41) is 1.23. The van der Waals surface area contributed by atoms with Crippen molar-refractivity contribution in [1.82, 2.24) is 5.06 Å². The highest BCUT2D eigenvalue weighted by molar-refractivity contribution is 5.81. The van der Waals surface area contributed by atoms with E-state index < -0.39 is 6.10 Å². The minimum atomic E-state index is -0.616. The molecular formula is C18H26N2O4. The first kappa shape index (κ1) is 17.2. The summed E-state index contributed by atoms with van der Waals surface area (Å²) in [4.78, 5) is 19.9. The number of amides is 1. The van der Waals surface area contributed by atoms with Crippen molar-refractivity contribution in [2.24, 2.45) is 5.92 Å². The van der Waals surface area contributed by atoms with Crippen molar-refractivity contribution in [2.45, 2.75) is 18.9 Å². The van der Waals surface area contributed by atoms with Crippen LogP contribution in [0, 0.1) is 5.92 Å². The molecule has 132 valence electrons. The number of benzene rings is 1. The van der Waals surface area contributed by atoms with Crippen LogP contribution in [0.3, 0.4) is 0 Å². The van der Waals surface area contributed by atoms with Gasteiger partial charge in [0.1, 0.15) is 0 Å². The third-order valence-electron chi connectivity index (χ3n) is 4.58. The van der Waals surface area contributed by atoms with Crippen molar-refractivity contribution < 1.29 is 19.1 Å². The second kappa shape index (κ2) is 7.96. The number of hydroxylamine groups is 2. The maximum atomic E-state index is 12.5. The van der Waals surface area contributed by atoms with Crippen LogP contribution in [0.15, 0.2) is 24.3 Å². The number of hydrogen-bond donors (Lipinski definition) is 0. The lowest BCUT2D eigenvalue weighted by atomic mass is 10.1. The third kappa shape index (κ3) is 4.26. The van der Waals surface area contributed by atoms with Crippen LogP contribution in [0.2, 0.25) is 0 Å². The Kier molecular flexibility index (Phi) is 5.71. The summed E-state index contributed by atoms with van der Waals surface area (Å²) in [6.07, 6.45) is 1.77. The first-order valence-corrected chi connectivity index (χ1v) is 8.55. The minimum absolute atomic E-state index is 0.183. The van der Waals surface area contributed by atoms with Gasteiger partial charge < -0.3 is 14.4 Å². The van der Waals surface area contributed by atoms with Crippen LogP contribution < -0.4 is 4.90 Å². The Morgan fingerprint density at radius 3 is 2.54 bits per heavy atom. The van der Waals surface area contributed by atoms with Crippen molar-refractivity contribution in [1.29, 1.82) is 0 Å². The summed E-state index contributed by atoms with van der Waals surface area (Å²) in [7, 11) is 3.09. The SMILES string of the molecule is CON(C)C(=O)C(OCC1CC1)c1ccc(N2CCOCC2)cc1. The van der Waals surface area contributed by atoms with Gasteiger partial charge in [-0.1, -0.05) is 12.1 Å². The summed E-state index contributed by atoms with van der Waals surface area (Å²) < 4.78 is 11.3. The molecule has 0 spiro atoms. The van der Waals surface area contributed by atoms with Crippen LogP contribution in [-0.2, 0) is 19.1 Å². The maximum Gasteiger partial charge on any atom is 0.279 e. The van der Waals surface area contributed by atoms with Gasteiger partial charge in [-0.2, -0.15) is 0 Å². The monoisotopic (exact) mass is 334 g/mol. The molecule has 1 aliphatic carbocycles. The number of carbonyl (C=O) groups is 1. The van der Waals surface area contributed by atoms with Crippen molar-refractivity contribution in [3.63, 3.8) is 0 Å². The fourth-order valence-electron chi connectivity index (χ4n) is 2.76. The van der Waals surface area contributed by atoms with Crippen molar-refractivity contribution >= 4 is 11.6 Å². The van der Waals surface area contributed by atoms with Crippen LogP contribution in [-0.4, -0.2) is 58.0 Å². The van der Waals surface area contributed by atoms with Gasteiger partial charge in [0.05, 0.1) is 26.9 Å². The molecule has 2 fully saturated rings. The molecule has 1 aliphatic heterocycles. The lowest BCUT2D eigenvalue weighted by molar-refractivity contribution is -0.181. The fourth-order valence-corrected chi connectivity index (χ4v) is 2.76. The molecule has 0 N–H and O–H groups in total. The van der Waals surface area contributed by atoms with Gasteiger partial charge in [-0.25, -0.2) is 5.06 Å². The van der Waals surface area contributed by atoms with Crippen molar-refractivity contribution in [3.05, 3.63) is 29.8 Å². The first-order valence-electron chi connectivity index (χ1n) is 8.55. The third-order valence-corrected chi connectivity index (χ3v) is 4.58. The number of carbonyl (C=O) groups excluding carboxylic acids is 1. The topological polar surface area (TPSA) is 51.2 Å². The van der Waals surface area contributed by atoms with Gasteiger partial charge in [-0.05, 0) is 36.5 Å². The minimum Gasteiger partial charge on any atom is -0.378 e. The van der Waals surface area contributed by atoms with Crippen LogP contribution in [0.25, 0.3) is 0 Å². The molecule has 3 rings (SSSR count). The Bertz CT molecular complexity index is 538. The number of likely N-dealkylation sites (N-methyl/N-ethyl adjacent to an activating group) is 1. The molecule has 24 heavy (non-hydrogen) atoms. The molecule has 1 unspecified atom stereocenters. The van der Waals surface area contributed by atoms with E-state index in [0.29, 0.717) is 12.5 Å². The number of morpholine rings is 1. The fraction of sp³-hybridized carbons (Fsp3) is 0.611. The van der Waals surface area contributed by atoms with Gasteiger partial charge in [0, 0.05) is 25.8 Å². The van der Waals surface area contributed by atoms with E-state index in [-0.39, 0.29) is 5.91 Å². The van der Waals surface area contributed by atoms with E-state index in [1.165, 1.54) is 25.0 Å². The predicted molar refractivity (Wildman–Crippen MR) is 90.7 cm³/mol. The molecule has 6 nitrogen and oxygen atoms in total. The van der Waals surface area contributed by atoms with E-state index in [0.717, 1.165) is 37.6 Å². The van der Waals surface area contributed by atoms with Crippen LogP contribution in [0.5, 0.6) is 0 Å². The van der Waals surface area contributed by atoms with Crippen LogP contribution >= 0.6 is 0 Å². The summed E-state index contributed by atoms with van der Waals surface area (Å²) in [5.41, 5.74) is 2.01. The van der Waals surface area contributed by atoms with E-state index in [1.54, 1.807) is 7.05 Å². The van der Waals surface area contributed by atoms with Crippen molar-refractivity contribution in [3.8, 4) is 0 Å². The maximum absolute atomic E-state index is 12.5. The molecule has 1 atom stereocenters. The molecule has 1 amide bonds. The summed E-state index contributed by atoms with van der Waals surface area (Å²) in [5.74, 6) is 0.415. The number of anilines is 1. The van der Waals surface area contributed by atoms with Crippen LogP contribution in [0.4, 0.5) is 5.69 Å². The van der Waals surface area contributed by atoms with Gasteiger partial charge >= 0.3 is 0 Å². The first-order chi connectivity index (χ1) is 11.7. The highest BCUT2D eigenvalue weighted by Crippen LogP contribution is 2.32. The molecule has 0 aromatic heterocycles. The zero-order valence-corrected chi connectivity index (χ0v) is 14.4. The quantitative estimate of drug-likeness (QED) is 0.714. The number of hydrogen-bond acceptors (Lipinski definition) is 5. The van der Waals surface area contributed by atoms with E-state index in [2.05, 4.69) is 4.90 Å². The summed E-state index contributed by atoms with van der Waals surface area (Å²) >= 11 is 0. The van der Waals surface area contributed by atoms with Crippen LogP contribution in [0.1, 0.15) is 24.5 Å². The summed E-state index contributed by atoms with van der Waals surface area (Å²) in [6.45, 7) is 3.93. The predicted octanol–water partition coefficient (Wildman–Crippen LogP) is 2.01. The molecule has 1 saturated carbocycles. The normalized spacial score (nSPS) is 19.2. The Balaban J connectivity index is 1.71. The van der Waals surface area contributed by atoms with Gasteiger partial charge in [0.15, 0.2) is 6.10 Å². The Morgan fingerprint density at radius 2 is 1.96 bits per heavy atom. The molecular weight excluding hydrogens is 308 g/mol. The largest absolute Gasteiger partial charge is 0.378 e. The van der Waals surface area contributed by atoms with Gasteiger partial charge in [0.25, 0.3) is 5.91 Å². The molecule has 2 aliphatic rings. The van der Waals surface area contributed by atoms with Gasteiger partial charge in [-0.15, -0.1) is 0 Å². The average molecular weight is 334 g/mol. The highest BCUT2D eigenvalue weighted by atomic mass is 16.7. The Labute approximate surface area is 143 Å². The standard InChI is InChI=1S/C18H26N2O4/c1-19(22-2)18(21)17(24-13-14-3-4-14)15-5-7-16(8-6-15)20-9-11-23-12-10-20/h5-8,14,17H,3-4,9-13H2,1-2H3.